The van der Waals surface area contributed by atoms with E-state index in [-0.39, 0.29) is 17.8 Å². The first-order valence-electron chi connectivity index (χ1n) is 9.93. The number of H-pyrrole nitrogens is 1. The van der Waals surface area contributed by atoms with Crippen LogP contribution >= 0.6 is 0 Å². The van der Waals surface area contributed by atoms with Gasteiger partial charge in [-0.2, -0.15) is 5.10 Å². The van der Waals surface area contributed by atoms with E-state index in [1.807, 2.05) is 4.90 Å². The second-order valence-electron chi connectivity index (χ2n) is 7.60. The number of aromatic amines is 1. The van der Waals surface area contributed by atoms with Gasteiger partial charge >= 0.3 is 6.03 Å². The first-order valence-corrected chi connectivity index (χ1v) is 9.93. The molecule has 2 N–H and O–H groups in total. The maximum Gasteiger partial charge on any atom is 0.317 e. The molecule has 0 bridgehead atoms. The zero-order valence-electron chi connectivity index (χ0n) is 15.5. The summed E-state index contributed by atoms with van der Waals surface area (Å²) in [5.74, 6) is 1.43. The summed E-state index contributed by atoms with van der Waals surface area (Å²) < 4.78 is 13.1. The number of likely N-dealkylation sites (tertiary alicyclic amines) is 1. The SMILES string of the molecule is O=C(NC1CCCCC1)N1CCC(c2nc(-c3ccc(F)cc3)n[nH]2)CC1. The molecule has 1 aromatic heterocycles. The van der Waals surface area contributed by atoms with E-state index in [9.17, 15) is 9.18 Å². The Morgan fingerprint density at radius 3 is 2.48 bits per heavy atom. The van der Waals surface area contributed by atoms with Gasteiger partial charge in [-0.25, -0.2) is 14.2 Å². The predicted molar refractivity (Wildman–Crippen MR) is 101 cm³/mol. The van der Waals surface area contributed by atoms with Gasteiger partial charge in [0, 0.05) is 30.6 Å². The van der Waals surface area contributed by atoms with E-state index in [1.165, 1.54) is 31.4 Å². The second kappa shape index (κ2) is 8.06. The highest BCUT2D eigenvalue weighted by Crippen LogP contribution is 2.27. The zero-order chi connectivity index (χ0) is 18.6. The minimum atomic E-state index is -0.270. The molecular weight excluding hydrogens is 345 g/mol. The summed E-state index contributed by atoms with van der Waals surface area (Å²) >= 11 is 0. The lowest BCUT2D eigenvalue weighted by molar-refractivity contribution is 0.173. The van der Waals surface area contributed by atoms with Crippen LogP contribution in [-0.4, -0.2) is 45.2 Å². The molecule has 2 heterocycles. The van der Waals surface area contributed by atoms with Crippen LogP contribution < -0.4 is 5.32 Å². The van der Waals surface area contributed by atoms with Gasteiger partial charge in [-0.3, -0.25) is 5.10 Å². The van der Waals surface area contributed by atoms with Gasteiger partial charge in [0.25, 0.3) is 0 Å². The average molecular weight is 371 g/mol. The molecule has 4 rings (SSSR count). The van der Waals surface area contributed by atoms with Gasteiger partial charge < -0.3 is 10.2 Å². The molecule has 2 fully saturated rings. The van der Waals surface area contributed by atoms with Crippen molar-refractivity contribution in [3.63, 3.8) is 0 Å². The van der Waals surface area contributed by atoms with Gasteiger partial charge in [0.15, 0.2) is 5.82 Å². The van der Waals surface area contributed by atoms with Crippen LogP contribution in [0.1, 0.15) is 56.7 Å². The smallest absolute Gasteiger partial charge is 0.317 e. The largest absolute Gasteiger partial charge is 0.335 e. The summed E-state index contributed by atoms with van der Waals surface area (Å²) in [6.07, 6.45) is 7.67. The molecule has 0 atom stereocenters. The number of amides is 2. The number of piperidine rings is 1. The number of benzene rings is 1. The molecule has 1 saturated heterocycles. The highest BCUT2D eigenvalue weighted by molar-refractivity contribution is 5.74. The van der Waals surface area contributed by atoms with Crippen molar-refractivity contribution in [1.29, 1.82) is 0 Å². The fraction of sp³-hybridized carbons (Fsp3) is 0.550. The average Bonchev–Trinajstić information content (AvgIpc) is 3.20. The molecule has 0 spiro atoms. The van der Waals surface area contributed by atoms with Crippen LogP contribution in [0, 0.1) is 5.82 Å². The fourth-order valence-corrected chi connectivity index (χ4v) is 4.05. The monoisotopic (exact) mass is 371 g/mol. The molecule has 27 heavy (non-hydrogen) atoms. The first-order chi connectivity index (χ1) is 13.2. The third-order valence-corrected chi connectivity index (χ3v) is 5.71. The van der Waals surface area contributed by atoms with Crippen molar-refractivity contribution in [2.24, 2.45) is 0 Å². The number of nitrogens with zero attached hydrogens (tertiary/aromatic N) is 3. The number of halogens is 1. The van der Waals surface area contributed by atoms with Crippen molar-refractivity contribution in [3.05, 3.63) is 35.9 Å². The van der Waals surface area contributed by atoms with E-state index in [2.05, 4.69) is 20.5 Å². The van der Waals surface area contributed by atoms with Crippen LogP contribution in [0.3, 0.4) is 0 Å². The fourth-order valence-electron chi connectivity index (χ4n) is 4.05. The molecule has 2 aromatic rings. The van der Waals surface area contributed by atoms with Crippen LogP contribution in [0.4, 0.5) is 9.18 Å². The topological polar surface area (TPSA) is 73.9 Å². The van der Waals surface area contributed by atoms with Gasteiger partial charge in [0.1, 0.15) is 11.6 Å². The van der Waals surface area contributed by atoms with Gasteiger partial charge in [-0.15, -0.1) is 0 Å². The highest BCUT2D eigenvalue weighted by atomic mass is 19.1. The molecule has 2 amide bonds. The molecule has 0 unspecified atom stereocenters. The Kier molecular flexibility index (Phi) is 5.36. The van der Waals surface area contributed by atoms with Crippen LogP contribution in [0.15, 0.2) is 24.3 Å². The van der Waals surface area contributed by atoms with Crippen molar-refractivity contribution in [3.8, 4) is 11.4 Å². The maximum absolute atomic E-state index is 13.1. The molecular formula is C20H26FN5O. The van der Waals surface area contributed by atoms with E-state index < -0.39 is 0 Å². The van der Waals surface area contributed by atoms with Crippen molar-refractivity contribution >= 4 is 6.03 Å². The number of carbonyl (C=O) groups is 1. The van der Waals surface area contributed by atoms with E-state index in [4.69, 9.17) is 0 Å². The normalized spacial score (nSPS) is 19.2. The Bertz CT molecular complexity index is 761. The number of urea groups is 1. The summed E-state index contributed by atoms with van der Waals surface area (Å²) in [5, 5.41) is 10.5. The summed E-state index contributed by atoms with van der Waals surface area (Å²) in [6.45, 7) is 1.46. The quantitative estimate of drug-likeness (QED) is 0.861. The summed E-state index contributed by atoms with van der Waals surface area (Å²) in [6, 6.07) is 6.60. The third kappa shape index (κ3) is 4.28. The predicted octanol–water partition coefficient (Wildman–Crippen LogP) is 3.83. The lowest BCUT2D eigenvalue weighted by atomic mass is 9.95. The first kappa shape index (κ1) is 17.9. The van der Waals surface area contributed by atoms with E-state index in [0.29, 0.717) is 11.9 Å². The number of hydrogen-bond acceptors (Lipinski definition) is 3. The second-order valence-corrected chi connectivity index (χ2v) is 7.60. The van der Waals surface area contributed by atoms with Crippen molar-refractivity contribution in [2.75, 3.05) is 13.1 Å². The molecule has 2 aliphatic rings. The van der Waals surface area contributed by atoms with Gasteiger partial charge in [-0.05, 0) is 49.9 Å². The van der Waals surface area contributed by atoms with Gasteiger partial charge in [-0.1, -0.05) is 19.3 Å². The van der Waals surface area contributed by atoms with Crippen LogP contribution in [0.25, 0.3) is 11.4 Å². The molecule has 1 aliphatic heterocycles. The van der Waals surface area contributed by atoms with Gasteiger partial charge in [0.2, 0.25) is 0 Å². The Hall–Kier alpha value is -2.44. The molecule has 144 valence electrons. The standard InChI is InChI=1S/C20H26FN5O/c21-16-8-6-14(7-9-16)18-23-19(25-24-18)15-10-12-26(13-11-15)20(27)22-17-4-2-1-3-5-17/h6-9,15,17H,1-5,10-13H2,(H,22,27)(H,23,24,25). The number of aromatic nitrogens is 3. The lowest BCUT2D eigenvalue weighted by Gasteiger charge is -2.33. The number of rotatable bonds is 3. The third-order valence-electron chi connectivity index (χ3n) is 5.71. The lowest BCUT2D eigenvalue weighted by Crippen LogP contribution is -2.48. The summed E-state index contributed by atoms with van der Waals surface area (Å²) in [5.41, 5.74) is 0.795. The van der Waals surface area contributed by atoms with Gasteiger partial charge in [0.05, 0.1) is 0 Å². The van der Waals surface area contributed by atoms with Crippen molar-refractivity contribution in [1.82, 2.24) is 25.4 Å². The van der Waals surface area contributed by atoms with Crippen LogP contribution in [0.5, 0.6) is 0 Å². The Morgan fingerprint density at radius 2 is 1.78 bits per heavy atom. The molecule has 1 aliphatic carbocycles. The molecule has 1 aromatic carbocycles. The van der Waals surface area contributed by atoms with Crippen LogP contribution in [-0.2, 0) is 0 Å². The Morgan fingerprint density at radius 1 is 1.07 bits per heavy atom. The number of carbonyl (C=O) groups excluding carboxylic acids is 1. The Labute approximate surface area is 158 Å². The van der Waals surface area contributed by atoms with E-state index >= 15 is 0 Å². The molecule has 7 heteroatoms. The van der Waals surface area contributed by atoms with E-state index in [1.54, 1.807) is 12.1 Å². The highest BCUT2D eigenvalue weighted by Gasteiger charge is 2.27. The number of hydrogen-bond donors (Lipinski definition) is 2. The molecule has 6 nitrogen and oxygen atoms in total. The molecule has 1 saturated carbocycles. The minimum absolute atomic E-state index is 0.0740. The minimum Gasteiger partial charge on any atom is -0.335 e. The van der Waals surface area contributed by atoms with Crippen molar-refractivity contribution < 1.29 is 9.18 Å². The zero-order valence-corrected chi connectivity index (χ0v) is 15.5. The van der Waals surface area contributed by atoms with Crippen molar-refractivity contribution in [2.45, 2.75) is 56.9 Å². The van der Waals surface area contributed by atoms with Crippen LogP contribution in [0.2, 0.25) is 0 Å². The summed E-state index contributed by atoms with van der Waals surface area (Å²) in [4.78, 5) is 19.0. The van der Waals surface area contributed by atoms with E-state index in [0.717, 1.165) is 50.2 Å². The molecule has 0 radical (unpaired) electrons. The maximum atomic E-state index is 13.1. The summed E-state index contributed by atoms with van der Waals surface area (Å²) in [7, 11) is 0. The Balaban J connectivity index is 1.31. The number of nitrogens with one attached hydrogen (secondary N) is 2.